The fourth-order valence-corrected chi connectivity index (χ4v) is 3.75. The van der Waals surface area contributed by atoms with E-state index in [4.69, 9.17) is 10.8 Å². The maximum absolute atomic E-state index is 13.4. The van der Waals surface area contributed by atoms with E-state index in [9.17, 15) is 13.6 Å². The summed E-state index contributed by atoms with van der Waals surface area (Å²) < 4.78 is 26.6. The molecule has 0 unspecified atom stereocenters. The molecular formula is C26H18F2N6O. The number of rotatable bonds is 3. The molecule has 4 aromatic rings. The summed E-state index contributed by atoms with van der Waals surface area (Å²) in [5.74, 6) is -2.06. The molecule has 0 saturated heterocycles. The highest BCUT2D eigenvalue weighted by molar-refractivity contribution is 6.30. The van der Waals surface area contributed by atoms with Gasteiger partial charge in [0, 0.05) is 28.6 Å². The van der Waals surface area contributed by atoms with Gasteiger partial charge in [-0.05, 0) is 66.7 Å². The van der Waals surface area contributed by atoms with Crippen LogP contribution in [0.15, 0.2) is 85.1 Å². The quantitative estimate of drug-likeness (QED) is 0.234. The highest BCUT2D eigenvalue weighted by atomic mass is 19.2. The van der Waals surface area contributed by atoms with E-state index in [1.165, 1.54) is 11.0 Å². The van der Waals surface area contributed by atoms with Crippen LogP contribution in [0, 0.1) is 22.5 Å². The first kappa shape index (κ1) is 21.9. The fraction of sp³-hybridized carbons (Fsp3) is 0. The normalized spacial score (nSPS) is 12.2. The molecule has 35 heavy (non-hydrogen) atoms. The van der Waals surface area contributed by atoms with Crippen molar-refractivity contribution in [1.82, 2.24) is 4.98 Å². The number of carbonyl (C=O) groups excluding carboxylic acids is 1. The van der Waals surface area contributed by atoms with Crippen molar-refractivity contribution in [3.8, 4) is 0 Å². The van der Waals surface area contributed by atoms with E-state index in [-0.39, 0.29) is 17.2 Å². The topological polar surface area (TPSA) is 105 Å². The monoisotopic (exact) mass is 468 g/mol. The van der Waals surface area contributed by atoms with Crippen LogP contribution in [0.4, 0.5) is 31.7 Å². The SMILES string of the molecule is N=C(c1ccc(NC(=O)c2ccc(F)c(F)c2)cc1)N1C(=N)c2ccccc2Nc2ncccc21. The first-order chi connectivity index (χ1) is 16.9. The number of fused-ring (bicyclic) bond motifs is 2. The van der Waals surface area contributed by atoms with Crippen LogP contribution in [0.1, 0.15) is 21.5 Å². The molecule has 172 valence electrons. The summed E-state index contributed by atoms with van der Waals surface area (Å²) in [6.07, 6.45) is 1.63. The zero-order chi connectivity index (χ0) is 24.5. The number of halogens is 2. The second kappa shape index (κ2) is 8.79. The van der Waals surface area contributed by atoms with Crippen molar-refractivity contribution in [2.75, 3.05) is 15.5 Å². The van der Waals surface area contributed by atoms with Crippen LogP contribution in [0.25, 0.3) is 0 Å². The Morgan fingerprint density at radius 2 is 1.66 bits per heavy atom. The molecule has 5 rings (SSSR count). The largest absolute Gasteiger partial charge is 0.338 e. The Balaban J connectivity index is 1.42. The molecule has 3 aromatic carbocycles. The van der Waals surface area contributed by atoms with Gasteiger partial charge in [0.15, 0.2) is 17.5 Å². The molecule has 0 atom stereocenters. The van der Waals surface area contributed by atoms with Crippen LogP contribution in [0.2, 0.25) is 0 Å². The first-order valence-electron chi connectivity index (χ1n) is 10.6. The zero-order valence-corrected chi connectivity index (χ0v) is 18.1. The van der Waals surface area contributed by atoms with E-state index in [2.05, 4.69) is 15.6 Å². The highest BCUT2D eigenvalue weighted by Crippen LogP contribution is 2.34. The Bertz CT molecular complexity index is 1490. The van der Waals surface area contributed by atoms with Crippen LogP contribution < -0.4 is 15.5 Å². The fourth-order valence-electron chi connectivity index (χ4n) is 3.75. The lowest BCUT2D eigenvalue weighted by atomic mass is 10.1. The molecule has 0 spiro atoms. The summed E-state index contributed by atoms with van der Waals surface area (Å²) in [6, 6.07) is 20.2. The number of anilines is 4. The predicted octanol–water partition coefficient (Wildman–Crippen LogP) is 5.53. The lowest BCUT2D eigenvalue weighted by molar-refractivity contribution is 0.102. The van der Waals surface area contributed by atoms with Crippen LogP contribution >= 0.6 is 0 Å². The minimum Gasteiger partial charge on any atom is -0.338 e. The number of amides is 1. The van der Waals surface area contributed by atoms with Crippen molar-refractivity contribution in [2.45, 2.75) is 0 Å². The van der Waals surface area contributed by atoms with Crippen LogP contribution in [0.5, 0.6) is 0 Å². The van der Waals surface area contributed by atoms with Gasteiger partial charge in [-0.1, -0.05) is 12.1 Å². The number of amidine groups is 2. The molecule has 7 nitrogen and oxygen atoms in total. The number of benzene rings is 3. The summed E-state index contributed by atoms with van der Waals surface area (Å²) in [5, 5.41) is 23.6. The van der Waals surface area contributed by atoms with E-state index in [1.54, 1.807) is 48.7 Å². The summed E-state index contributed by atoms with van der Waals surface area (Å²) in [5.41, 5.74) is 2.77. The van der Waals surface area contributed by atoms with E-state index in [0.29, 0.717) is 34.0 Å². The minimum atomic E-state index is -1.10. The summed E-state index contributed by atoms with van der Waals surface area (Å²) in [6.45, 7) is 0. The molecule has 1 amide bonds. The van der Waals surface area contributed by atoms with Crippen molar-refractivity contribution in [1.29, 1.82) is 10.8 Å². The van der Waals surface area contributed by atoms with Gasteiger partial charge in [0.2, 0.25) is 0 Å². The minimum absolute atomic E-state index is 0.0194. The number of hydrogen-bond acceptors (Lipinski definition) is 5. The van der Waals surface area contributed by atoms with Gasteiger partial charge < -0.3 is 10.6 Å². The van der Waals surface area contributed by atoms with Crippen molar-refractivity contribution < 1.29 is 13.6 Å². The number of carbonyl (C=O) groups is 1. The Morgan fingerprint density at radius 1 is 0.914 bits per heavy atom. The Hall–Kier alpha value is -4.92. The third-order valence-corrected chi connectivity index (χ3v) is 5.51. The lowest BCUT2D eigenvalue weighted by Gasteiger charge is -2.25. The number of aromatic nitrogens is 1. The smallest absolute Gasteiger partial charge is 0.255 e. The molecule has 1 aliphatic rings. The van der Waals surface area contributed by atoms with Gasteiger partial charge in [0.05, 0.1) is 11.4 Å². The van der Waals surface area contributed by atoms with Crippen molar-refractivity contribution in [3.63, 3.8) is 0 Å². The predicted molar refractivity (Wildman–Crippen MR) is 131 cm³/mol. The Labute approximate surface area is 199 Å². The van der Waals surface area contributed by atoms with Gasteiger partial charge in [-0.3, -0.25) is 20.5 Å². The zero-order valence-electron chi connectivity index (χ0n) is 18.1. The van der Waals surface area contributed by atoms with E-state index < -0.39 is 17.5 Å². The van der Waals surface area contributed by atoms with E-state index >= 15 is 0 Å². The number of pyridine rings is 1. The van der Waals surface area contributed by atoms with Gasteiger partial charge in [-0.15, -0.1) is 0 Å². The average Bonchev–Trinajstić information content (AvgIpc) is 2.99. The number of hydrogen-bond donors (Lipinski definition) is 4. The van der Waals surface area contributed by atoms with Gasteiger partial charge in [0.25, 0.3) is 5.91 Å². The van der Waals surface area contributed by atoms with E-state index in [1.807, 2.05) is 18.2 Å². The molecule has 1 aromatic heterocycles. The Kier molecular flexibility index (Phi) is 5.50. The molecule has 1 aliphatic heterocycles. The maximum Gasteiger partial charge on any atom is 0.255 e. The van der Waals surface area contributed by atoms with Gasteiger partial charge >= 0.3 is 0 Å². The summed E-state index contributed by atoms with van der Waals surface area (Å²) in [7, 11) is 0. The molecule has 0 saturated carbocycles. The number of nitrogens with zero attached hydrogens (tertiary/aromatic N) is 2. The third-order valence-electron chi connectivity index (χ3n) is 5.51. The van der Waals surface area contributed by atoms with Crippen LogP contribution in [-0.2, 0) is 0 Å². The molecule has 0 aliphatic carbocycles. The van der Waals surface area contributed by atoms with E-state index in [0.717, 1.165) is 12.1 Å². The number of nitrogens with one attached hydrogen (secondary N) is 4. The van der Waals surface area contributed by atoms with Crippen molar-refractivity contribution in [3.05, 3.63) is 113 Å². The molecule has 0 bridgehead atoms. The molecule has 2 heterocycles. The second-order valence-electron chi connectivity index (χ2n) is 7.73. The molecular weight excluding hydrogens is 450 g/mol. The summed E-state index contributed by atoms with van der Waals surface area (Å²) in [4.78, 5) is 18.3. The maximum atomic E-state index is 13.4. The third kappa shape index (κ3) is 4.10. The second-order valence-corrected chi connectivity index (χ2v) is 7.73. The lowest BCUT2D eigenvalue weighted by Crippen LogP contribution is -2.36. The molecule has 4 N–H and O–H groups in total. The molecule has 0 radical (unpaired) electrons. The first-order valence-corrected chi connectivity index (χ1v) is 10.6. The van der Waals surface area contributed by atoms with Crippen LogP contribution in [0.3, 0.4) is 0 Å². The standard InChI is InChI=1S/C26H18F2N6O/c27-19-12-9-16(14-20(19)28)26(35)32-17-10-7-15(8-11-17)23(29)34-22-6-3-13-31-25(22)33-21-5-2-1-4-18(21)24(34)30/h1-14,29-30H,(H,31,33)(H,32,35). The van der Waals surface area contributed by atoms with Gasteiger partial charge in [0.1, 0.15) is 11.7 Å². The van der Waals surface area contributed by atoms with Gasteiger partial charge in [-0.2, -0.15) is 0 Å². The average molecular weight is 468 g/mol. The van der Waals surface area contributed by atoms with Crippen molar-refractivity contribution >= 4 is 40.5 Å². The molecule has 9 heteroatoms. The Morgan fingerprint density at radius 3 is 2.43 bits per heavy atom. The number of para-hydroxylation sites is 1. The molecule has 0 fully saturated rings. The van der Waals surface area contributed by atoms with Crippen LogP contribution in [-0.4, -0.2) is 22.6 Å². The van der Waals surface area contributed by atoms with Crippen molar-refractivity contribution in [2.24, 2.45) is 0 Å². The summed E-state index contributed by atoms with van der Waals surface area (Å²) >= 11 is 0. The highest BCUT2D eigenvalue weighted by Gasteiger charge is 2.28. The van der Waals surface area contributed by atoms with Gasteiger partial charge in [-0.25, -0.2) is 13.8 Å².